The van der Waals surface area contributed by atoms with Crippen LogP contribution in [0.2, 0.25) is 0 Å². The largest absolute Gasteiger partial charge is 0.298 e. The fourth-order valence-electron chi connectivity index (χ4n) is 2.02. The lowest BCUT2D eigenvalue weighted by atomic mass is 10.0. The van der Waals surface area contributed by atoms with E-state index in [0.717, 1.165) is 17.5 Å². The van der Waals surface area contributed by atoms with Gasteiger partial charge in [0.25, 0.3) is 5.56 Å². The van der Waals surface area contributed by atoms with Crippen LogP contribution in [0.25, 0.3) is 11.0 Å². The van der Waals surface area contributed by atoms with Crippen LogP contribution in [0.3, 0.4) is 0 Å². The molecule has 2 aromatic rings. The van der Waals surface area contributed by atoms with Gasteiger partial charge in [-0.15, -0.1) is 0 Å². The van der Waals surface area contributed by atoms with Crippen molar-refractivity contribution in [2.75, 3.05) is 0 Å². The average Bonchev–Trinajstić information content (AvgIpc) is 2.42. The Hall–Kier alpha value is -1.97. The van der Waals surface area contributed by atoms with Crippen molar-refractivity contribution < 1.29 is 4.79 Å². The highest BCUT2D eigenvalue weighted by atomic mass is 16.1. The van der Waals surface area contributed by atoms with Gasteiger partial charge >= 0.3 is 0 Å². The van der Waals surface area contributed by atoms with Crippen molar-refractivity contribution in [3.05, 3.63) is 40.3 Å². The molecule has 1 unspecified atom stereocenters. The molecule has 100 valence electrons. The number of hydrogen-bond acceptors (Lipinski definition) is 3. The number of aryl methyl sites for hydroxylation is 1. The number of hydrogen-bond donors (Lipinski definition) is 0. The van der Waals surface area contributed by atoms with Gasteiger partial charge in [0.2, 0.25) is 0 Å². The zero-order valence-electron chi connectivity index (χ0n) is 11.5. The molecule has 0 aliphatic carbocycles. The fourth-order valence-corrected chi connectivity index (χ4v) is 2.02. The Balaban J connectivity index is 2.55. The average molecular weight is 258 g/mol. The number of carbonyl (C=O) groups is 1. The second-order valence-corrected chi connectivity index (χ2v) is 4.85. The van der Waals surface area contributed by atoms with Gasteiger partial charge in [0.05, 0.1) is 17.6 Å². The van der Waals surface area contributed by atoms with Gasteiger partial charge in [0.15, 0.2) is 5.78 Å². The summed E-state index contributed by atoms with van der Waals surface area (Å²) in [5, 5.41) is 0. The molecule has 0 N–H and O–H groups in total. The normalized spacial score (nSPS) is 12.6. The van der Waals surface area contributed by atoms with E-state index in [-0.39, 0.29) is 23.8 Å². The van der Waals surface area contributed by atoms with E-state index in [2.05, 4.69) is 4.98 Å². The summed E-state index contributed by atoms with van der Waals surface area (Å²) in [7, 11) is 0. The molecular formula is C15H18N2O2. The summed E-state index contributed by atoms with van der Waals surface area (Å²) < 4.78 is 1.53. The highest BCUT2D eigenvalue weighted by Gasteiger charge is 2.15. The van der Waals surface area contributed by atoms with Crippen LogP contribution in [-0.2, 0) is 11.3 Å². The number of fused-ring (bicyclic) bond motifs is 1. The highest BCUT2D eigenvalue weighted by molar-refractivity contribution is 5.83. The van der Waals surface area contributed by atoms with Gasteiger partial charge in [-0.2, -0.15) is 0 Å². The first-order valence-corrected chi connectivity index (χ1v) is 6.53. The minimum Gasteiger partial charge on any atom is -0.298 e. The summed E-state index contributed by atoms with van der Waals surface area (Å²) in [5.41, 5.74) is 1.71. The zero-order chi connectivity index (χ0) is 14.0. The molecule has 0 radical (unpaired) electrons. The quantitative estimate of drug-likeness (QED) is 0.845. The monoisotopic (exact) mass is 258 g/mol. The van der Waals surface area contributed by atoms with Crippen LogP contribution in [0.4, 0.5) is 0 Å². The fraction of sp³-hybridized carbons (Fsp3) is 0.400. The van der Waals surface area contributed by atoms with Gasteiger partial charge in [-0.3, -0.25) is 14.2 Å². The maximum Gasteiger partial charge on any atom is 0.272 e. The van der Waals surface area contributed by atoms with E-state index < -0.39 is 0 Å². The molecule has 1 heterocycles. The summed E-state index contributed by atoms with van der Waals surface area (Å²) in [6, 6.07) is 7.40. The molecule has 0 aliphatic heterocycles. The van der Waals surface area contributed by atoms with Gasteiger partial charge < -0.3 is 0 Å². The molecule has 1 aromatic heterocycles. The van der Waals surface area contributed by atoms with Crippen molar-refractivity contribution in [1.29, 1.82) is 0 Å². The van der Waals surface area contributed by atoms with E-state index in [1.165, 1.54) is 4.57 Å². The van der Waals surface area contributed by atoms with E-state index in [4.69, 9.17) is 0 Å². The van der Waals surface area contributed by atoms with E-state index in [0.29, 0.717) is 5.69 Å². The molecular weight excluding hydrogens is 240 g/mol. The summed E-state index contributed by atoms with van der Waals surface area (Å²) in [5.74, 6) is 0.0551. The zero-order valence-corrected chi connectivity index (χ0v) is 11.5. The smallest absolute Gasteiger partial charge is 0.272 e. The lowest BCUT2D eigenvalue weighted by Gasteiger charge is -2.12. The number of benzene rings is 1. The Morgan fingerprint density at radius 3 is 2.74 bits per heavy atom. The molecule has 0 spiro atoms. The molecule has 0 amide bonds. The summed E-state index contributed by atoms with van der Waals surface area (Å²) in [4.78, 5) is 28.5. The topological polar surface area (TPSA) is 52.0 Å². The van der Waals surface area contributed by atoms with E-state index in [1.54, 1.807) is 6.92 Å². The molecule has 1 aromatic carbocycles. The third kappa shape index (κ3) is 2.57. The maximum absolute atomic E-state index is 12.2. The number of rotatable bonds is 4. The molecule has 0 saturated heterocycles. The molecule has 0 saturated carbocycles. The van der Waals surface area contributed by atoms with Crippen molar-refractivity contribution >= 4 is 16.8 Å². The van der Waals surface area contributed by atoms with Gasteiger partial charge in [0.1, 0.15) is 5.69 Å². The first-order chi connectivity index (χ1) is 9.04. The summed E-state index contributed by atoms with van der Waals surface area (Å²) in [6.07, 6.45) is 0.787. The molecule has 4 heteroatoms. The molecule has 4 nitrogen and oxygen atoms in total. The Morgan fingerprint density at radius 1 is 1.37 bits per heavy atom. The standard InChI is InChI=1S/C15H18N2O2/c1-4-10(2)14(18)9-17-13-8-6-5-7-12(13)16-11(3)15(17)19/h5-8,10H,4,9H2,1-3H3. The van der Waals surface area contributed by atoms with E-state index in [1.807, 2.05) is 38.1 Å². The first kappa shape index (κ1) is 13.5. The Morgan fingerprint density at radius 2 is 2.05 bits per heavy atom. The maximum atomic E-state index is 12.2. The highest BCUT2D eigenvalue weighted by Crippen LogP contribution is 2.11. The Bertz CT molecular complexity index is 673. The number of para-hydroxylation sites is 2. The third-order valence-corrected chi connectivity index (χ3v) is 3.49. The second kappa shape index (κ2) is 5.34. The Kier molecular flexibility index (Phi) is 3.79. The van der Waals surface area contributed by atoms with Crippen LogP contribution in [0.5, 0.6) is 0 Å². The van der Waals surface area contributed by atoms with Crippen LogP contribution >= 0.6 is 0 Å². The molecule has 0 aliphatic rings. The number of Topliss-reactive ketones (excluding diaryl/α,β-unsaturated/α-hetero) is 1. The number of ketones is 1. The predicted octanol–water partition coefficient (Wildman–Crippen LogP) is 2.32. The first-order valence-electron chi connectivity index (χ1n) is 6.53. The van der Waals surface area contributed by atoms with Crippen LogP contribution < -0.4 is 5.56 Å². The molecule has 19 heavy (non-hydrogen) atoms. The summed E-state index contributed by atoms with van der Waals surface area (Å²) in [6.45, 7) is 5.67. The second-order valence-electron chi connectivity index (χ2n) is 4.85. The number of aromatic nitrogens is 2. The minimum absolute atomic E-state index is 0.0286. The van der Waals surface area contributed by atoms with Crippen molar-refractivity contribution in [3.8, 4) is 0 Å². The van der Waals surface area contributed by atoms with E-state index >= 15 is 0 Å². The van der Waals surface area contributed by atoms with Crippen molar-refractivity contribution in [2.45, 2.75) is 33.7 Å². The van der Waals surface area contributed by atoms with Crippen molar-refractivity contribution in [3.63, 3.8) is 0 Å². The molecule has 0 fully saturated rings. The lowest BCUT2D eigenvalue weighted by molar-refractivity contribution is -0.123. The van der Waals surface area contributed by atoms with Gasteiger partial charge in [0, 0.05) is 5.92 Å². The predicted molar refractivity (Wildman–Crippen MR) is 75.2 cm³/mol. The molecule has 0 bridgehead atoms. The van der Waals surface area contributed by atoms with Gasteiger partial charge in [-0.05, 0) is 25.5 Å². The van der Waals surface area contributed by atoms with Crippen LogP contribution in [-0.4, -0.2) is 15.3 Å². The SMILES string of the molecule is CCC(C)C(=O)Cn1c(=O)c(C)nc2ccccc21. The van der Waals surface area contributed by atoms with E-state index in [9.17, 15) is 9.59 Å². The minimum atomic E-state index is -0.185. The van der Waals surface area contributed by atoms with Crippen molar-refractivity contribution in [2.24, 2.45) is 5.92 Å². The third-order valence-electron chi connectivity index (χ3n) is 3.49. The van der Waals surface area contributed by atoms with Gasteiger partial charge in [-0.25, -0.2) is 4.98 Å². The lowest BCUT2D eigenvalue weighted by Crippen LogP contribution is -2.29. The number of nitrogens with zero attached hydrogens (tertiary/aromatic N) is 2. The summed E-state index contributed by atoms with van der Waals surface area (Å²) >= 11 is 0. The van der Waals surface area contributed by atoms with Gasteiger partial charge in [-0.1, -0.05) is 26.0 Å². The molecule has 2 rings (SSSR count). The van der Waals surface area contributed by atoms with Crippen molar-refractivity contribution in [1.82, 2.24) is 9.55 Å². The van der Waals surface area contributed by atoms with Crippen LogP contribution in [0.15, 0.2) is 29.1 Å². The Labute approximate surface area is 112 Å². The molecule has 1 atom stereocenters. The number of carbonyl (C=O) groups excluding carboxylic acids is 1. The van der Waals surface area contributed by atoms with Crippen LogP contribution in [0, 0.1) is 12.8 Å². The van der Waals surface area contributed by atoms with Crippen LogP contribution in [0.1, 0.15) is 26.0 Å².